The van der Waals surface area contributed by atoms with E-state index in [1.54, 1.807) is 0 Å². The molecule has 2 N–H and O–H groups in total. The molecule has 0 heterocycles. The maximum atomic E-state index is 13.1. The van der Waals surface area contributed by atoms with Crippen molar-refractivity contribution in [3.63, 3.8) is 0 Å². The van der Waals surface area contributed by atoms with E-state index in [0.717, 1.165) is 24.3 Å². The Kier molecular flexibility index (Phi) is 5.03. The summed E-state index contributed by atoms with van der Waals surface area (Å²) in [7, 11) is -6.32. The van der Waals surface area contributed by atoms with Gasteiger partial charge in [0, 0.05) is 0 Å². The minimum Gasteiger partial charge on any atom is -0.508 e. The van der Waals surface area contributed by atoms with Crippen LogP contribution < -0.4 is 0 Å². The van der Waals surface area contributed by atoms with Gasteiger partial charge in [0.1, 0.15) is 5.75 Å². The molecule has 6 nitrogen and oxygen atoms in total. The summed E-state index contributed by atoms with van der Waals surface area (Å²) in [5.74, 6) is -6.43. The molecule has 0 atom stereocenters. The van der Waals surface area contributed by atoms with E-state index in [1.165, 1.54) is 0 Å². The van der Waals surface area contributed by atoms with Crippen molar-refractivity contribution in [1.82, 2.24) is 0 Å². The topological polar surface area (TPSA) is 101 Å². The predicted molar refractivity (Wildman–Crippen MR) is 64.4 cm³/mol. The summed E-state index contributed by atoms with van der Waals surface area (Å²) in [4.78, 5) is 11.4. The highest BCUT2D eigenvalue weighted by atomic mass is 32.2. The molecular formula is C11H10F4O6S. The number of rotatable bonds is 6. The molecule has 22 heavy (non-hydrogen) atoms. The molecule has 1 rings (SSSR count). The van der Waals surface area contributed by atoms with Gasteiger partial charge in [-0.25, -0.2) is 4.79 Å². The number of hydrogen-bond donors (Lipinski definition) is 2. The van der Waals surface area contributed by atoms with E-state index < -0.39 is 40.3 Å². The summed E-state index contributed by atoms with van der Waals surface area (Å²) < 4.78 is 84.8. The van der Waals surface area contributed by atoms with Gasteiger partial charge in [-0.05, 0) is 24.3 Å². The lowest BCUT2D eigenvalue weighted by Gasteiger charge is -2.23. The third kappa shape index (κ3) is 3.85. The molecule has 1 aromatic rings. The number of carbonyl (C=O) groups excluding carboxylic acids is 1. The first-order chi connectivity index (χ1) is 9.88. The van der Waals surface area contributed by atoms with Crippen LogP contribution in [0, 0.1) is 0 Å². The maximum absolute atomic E-state index is 13.1. The van der Waals surface area contributed by atoms with Crippen LogP contribution in [0.4, 0.5) is 17.6 Å². The molecule has 0 saturated heterocycles. The number of phenols is 1. The number of hydrogen-bond acceptors (Lipinski definition) is 5. The zero-order valence-electron chi connectivity index (χ0n) is 10.7. The lowest BCUT2D eigenvalue weighted by Crippen LogP contribution is -2.47. The molecule has 0 spiro atoms. The fourth-order valence-corrected chi connectivity index (χ4v) is 1.77. The van der Waals surface area contributed by atoms with Crippen molar-refractivity contribution in [3.05, 3.63) is 29.8 Å². The first-order valence-corrected chi connectivity index (χ1v) is 7.01. The lowest BCUT2D eigenvalue weighted by molar-refractivity contribution is -0.168. The first-order valence-electron chi connectivity index (χ1n) is 5.57. The van der Waals surface area contributed by atoms with Crippen LogP contribution >= 0.6 is 0 Å². The Morgan fingerprint density at radius 1 is 1.14 bits per heavy atom. The number of halogens is 4. The van der Waals surface area contributed by atoms with Gasteiger partial charge in [0.05, 0.1) is 18.6 Å². The molecule has 0 fully saturated rings. The highest BCUT2D eigenvalue weighted by Crippen LogP contribution is 2.40. The van der Waals surface area contributed by atoms with Gasteiger partial charge in [0.15, 0.2) is 0 Å². The largest absolute Gasteiger partial charge is 0.508 e. The van der Waals surface area contributed by atoms with Crippen molar-refractivity contribution in [2.75, 3.05) is 6.61 Å². The van der Waals surface area contributed by atoms with Gasteiger partial charge >= 0.3 is 27.3 Å². The van der Waals surface area contributed by atoms with Crippen molar-refractivity contribution in [2.24, 2.45) is 0 Å². The third-order valence-electron chi connectivity index (χ3n) is 2.50. The summed E-state index contributed by atoms with van der Waals surface area (Å²) in [6, 6.07) is 4.42. The van der Waals surface area contributed by atoms with Gasteiger partial charge in [-0.1, -0.05) is 0 Å². The zero-order valence-corrected chi connectivity index (χ0v) is 11.5. The second-order valence-corrected chi connectivity index (χ2v) is 5.59. The highest BCUT2D eigenvalue weighted by Gasteiger charge is 2.65. The predicted octanol–water partition coefficient (Wildman–Crippen LogP) is 2.06. The minimum atomic E-state index is -6.32. The minimum absolute atomic E-state index is 0.136. The quantitative estimate of drug-likeness (QED) is 0.464. The zero-order chi connectivity index (χ0) is 17.2. The Morgan fingerprint density at radius 2 is 1.64 bits per heavy atom. The number of benzene rings is 1. The number of alkyl halides is 4. The number of aromatic hydroxyl groups is 1. The molecule has 124 valence electrons. The van der Waals surface area contributed by atoms with Crippen molar-refractivity contribution < 1.29 is 45.2 Å². The van der Waals surface area contributed by atoms with Crippen LogP contribution in [0.5, 0.6) is 5.75 Å². The molecule has 0 radical (unpaired) electrons. The van der Waals surface area contributed by atoms with Crippen LogP contribution in [0.15, 0.2) is 24.3 Å². The van der Waals surface area contributed by atoms with Crippen molar-refractivity contribution >= 4 is 16.1 Å². The molecule has 0 unspecified atom stereocenters. The van der Waals surface area contributed by atoms with Gasteiger partial charge < -0.3 is 9.84 Å². The van der Waals surface area contributed by atoms with Gasteiger partial charge in [-0.15, -0.1) is 0 Å². The van der Waals surface area contributed by atoms with Crippen molar-refractivity contribution in [3.8, 4) is 5.75 Å². The summed E-state index contributed by atoms with van der Waals surface area (Å²) in [6.45, 7) is -1.21. The molecule has 0 aliphatic carbocycles. The molecule has 11 heteroatoms. The summed E-state index contributed by atoms with van der Waals surface area (Å²) in [5.41, 5.74) is -0.136. The fraction of sp³-hybridized carbons (Fsp3) is 0.364. The average Bonchev–Trinajstić information content (AvgIpc) is 2.37. The normalized spacial score (nSPS) is 13.0. The standard InChI is InChI=1S/C11H10F4O6S/c12-10(13,11(14,15)22(18,19)20)5-6-21-9(17)7-1-3-8(16)4-2-7/h1-4,16H,5-6H2,(H,18,19,20). The van der Waals surface area contributed by atoms with E-state index in [1.807, 2.05) is 0 Å². The van der Waals surface area contributed by atoms with Gasteiger partial charge in [0.25, 0.3) is 0 Å². The molecule has 0 aliphatic heterocycles. The number of phenolic OH excluding ortho intramolecular Hbond substituents is 1. The molecule has 0 amide bonds. The van der Waals surface area contributed by atoms with Crippen LogP contribution in [0.1, 0.15) is 16.8 Å². The Hall–Kier alpha value is -1.88. The number of ether oxygens (including phenoxy) is 1. The average molecular weight is 346 g/mol. The van der Waals surface area contributed by atoms with E-state index in [4.69, 9.17) is 9.66 Å². The summed E-state index contributed by atoms with van der Waals surface area (Å²) in [5, 5.41) is 3.27. The summed E-state index contributed by atoms with van der Waals surface area (Å²) in [6.07, 6.45) is -1.82. The lowest BCUT2D eigenvalue weighted by atomic mass is 10.2. The van der Waals surface area contributed by atoms with E-state index in [0.29, 0.717) is 0 Å². The Balaban J connectivity index is 2.67. The molecule has 1 aromatic carbocycles. The van der Waals surface area contributed by atoms with Crippen LogP contribution in [0.2, 0.25) is 0 Å². The van der Waals surface area contributed by atoms with E-state index >= 15 is 0 Å². The Morgan fingerprint density at radius 3 is 2.09 bits per heavy atom. The molecule has 0 aromatic heterocycles. The first kappa shape index (κ1) is 18.2. The summed E-state index contributed by atoms with van der Waals surface area (Å²) >= 11 is 0. The third-order valence-corrected chi connectivity index (χ3v) is 3.45. The van der Waals surface area contributed by atoms with Crippen LogP contribution in [-0.2, 0) is 14.9 Å². The van der Waals surface area contributed by atoms with Crippen LogP contribution in [0.3, 0.4) is 0 Å². The van der Waals surface area contributed by atoms with Gasteiger partial charge in [0.2, 0.25) is 0 Å². The van der Waals surface area contributed by atoms with E-state index in [9.17, 15) is 30.8 Å². The van der Waals surface area contributed by atoms with Gasteiger partial charge in [-0.3, -0.25) is 4.55 Å². The molecule has 0 saturated carbocycles. The smallest absolute Gasteiger partial charge is 0.431 e. The number of esters is 1. The Bertz CT molecular complexity index is 641. The molecule has 0 bridgehead atoms. The van der Waals surface area contributed by atoms with E-state index in [-0.39, 0.29) is 11.3 Å². The van der Waals surface area contributed by atoms with Gasteiger partial charge in [-0.2, -0.15) is 26.0 Å². The van der Waals surface area contributed by atoms with Crippen molar-refractivity contribution in [1.29, 1.82) is 0 Å². The second-order valence-electron chi connectivity index (χ2n) is 4.13. The molecule has 0 aliphatic rings. The fourth-order valence-electron chi connectivity index (χ4n) is 1.29. The van der Waals surface area contributed by atoms with Crippen molar-refractivity contribution in [2.45, 2.75) is 17.6 Å². The van der Waals surface area contributed by atoms with Crippen LogP contribution in [0.25, 0.3) is 0 Å². The number of carbonyl (C=O) groups is 1. The highest BCUT2D eigenvalue weighted by molar-refractivity contribution is 7.87. The SMILES string of the molecule is O=C(OCCC(F)(F)C(F)(F)S(=O)(=O)O)c1ccc(O)cc1. The maximum Gasteiger partial charge on any atom is 0.431 e. The monoisotopic (exact) mass is 346 g/mol. The second kappa shape index (κ2) is 6.08. The Labute approximate surface area is 122 Å². The molecular weight excluding hydrogens is 336 g/mol. The van der Waals surface area contributed by atoms with Crippen LogP contribution in [-0.4, -0.2) is 41.8 Å². The van der Waals surface area contributed by atoms with E-state index in [2.05, 4.69) is 4.74 Å².